The van der Waals surface area contributed by atoms with Crippen LogP contribution in [0.2, 0.25) is 0 Å². The van der Waals surface area contributed by atoms with Gasteiger partial charge in [-0.3, -0.25) is 0 Å². The van der Waals surface area contributed by atoms with Crippen LogP contribution in [0.25, 0.3) is 10.5 Å². The molecule has 3 rings (SSSR count). The Bertz CT molecular complexity index is 1120. The van der Waals surface area contributed by atoms with Crippen LogP contribution >= 0.6 is 0 Å². The summed E-state index contributed by atoms with van der Waals surface area (Å²) >= 11 is 0. The number of hydrogen-bond donors (Lipinski definition) is 0. The van der Waals surface area contributed by atoms with Crippen LogP contribution in [0.3, 0.4) is 0 Å². The second-order valence-corrected chi connectivity index (χ2v) is 9.35. The number of nitrogens with one attached hydrogen (secondary N) is 1. The van der Waals surface area contributed by atoms with Gasteiger partial charge in [-0.15, -0.1) is 12.1 Å². The van der Waals surface area contributed by atoms with Crippen LogP contribution in [0, 0.1) is 34.6 Å². The Balaban J connectivity index is 0.00000341. The molecule has 0 bridgehead atoms. The molecular weight excluding hydrogens is 585 g/mol. The first-order valence-corrected chi connectivity index (χ1v) is 11.4. The quantitative estimate of drug-likeness (QED) is 0.306. The van der Waals surface area contributed by atoms with Crippen molar-refractivity contribution >= 4 is 10.0 Å². The summed E-state index contributed by atoms with van der Waals surface area (Å²) in [6.45, 7) is 9.58. The Kier molecular flexibility index (Phi) is 8.37. The fraction of sp³-hybridized carbons (Fsp3) is 0.280. The number of benzene rings is 3. The maximum Gasteiger partial charge on any atom is 0.102 e. The Labute approximate surface area is 199 Å². The first-order valence-electron chi connectivity index (χ1n) is 10.00. The fourth-order valence-electron chi connectivity index (χ4n) is 3.86. The van der Waals surface area contributed by atoms with Crippen molar-refractivity contribution in [2.75, 3.05) is 0 Å². The zero-order chi connectivity index (χ0) is 22.1. The van der Waals surface area contributed by atoms with Crippen LogP contribution in [-0.2, 0) is 30.1 Å². The monoisotopic (exact) mass is 613 g/mol. The standard InChI is InChI=1S/C25H28N2O2S.Ir/c1-16-17(2)19(4)25(20(5)18(16)3)30(28,29)27-24(22-14-10-7-11-15-22)23(26)21-12-8-6-9-13-21;/h6-15,23-24,26H,1-5H3;/q-2;/t23-,24-;/m0./s1. The van der Waals surface area contributed by atoms with Gasteiger partial charge in [0, 0.05) is 20.1 Å². The summed E-state index contributed by atoms with van der Waals surface area (Å²) in [6, 6.07) is 16.8. The molecule has 0 heterocycles. The number of nitrogens with zero attached hydrogens (tertiary/aromatic N) is 1. The normalized spacial score (nSPS) is 13.4. The van der Waals surface area contributed by atoms with Gasteiger partial charge in [0.1, 0.15) is 10.0 Å². The second-order valence-electron chi connectivity index (χ2n) is 7.78. The predicted molar refractivity (Wildman–Crippen MR) is 123 cm³/mol. The molecule has 3 aromatic rings. The molecule has 167 valence electrons. The predicted octanol–water partition coefficient (Wildman–Crippen LogP) is 6.82. The average molecular weight is 613 g/mol. The van der Waals surface area contributed by atoms with Crippen molar-refractivity contribution in [1.29, 1.82) is 0 Å². The molecule has 1 N–H and O–H groups in total. The first-order chi connectivity index (χ1) is 14.1. The molecule has 4 nitrogen and oxygen atoms in total. The van der Waals surface area contributed by atoms with Crippen LogP contribution in [0.4, 0.5) is 0 Å². The van der Waals surface area contributed by atoms with Crippen LogP contribution in [0.1, 0.15) is 51.0 Å². The minimum absolute atomic E-state index is 0. The van der Waals surface area contributed by atoms with Gasteiger partial charge in [0.2, 0.25) is 0 Å². The van der Waals surface area contributed by atoms with Crippen molar-refractivity contribution in [3.63, 3.8) is 0 Å². The molecule has 0 aliphatic carbocycles. The Morgan fingerprint density at radius 3 is 1.52 bits per heavy atom. The first kappa shape index (κ1) is 25.4. The molecular formula is C25H28IrN2O2S-2. The summed E-state index contributed by atoms with van der Waals surface area (Å²) in [5.41, 5.74) is 14.8. The van der Waals surface area contributed by atoms with E-state index >= 15 is 0 Å². The maximum absolute atomic E-state index is 13.6. The summed E-state index contributed by atoms with van der Waals surface area (Å²) in [5, 5.41) is 0. The van der Waals surface area contributed by atoms with E-state index in [1.807, 2.05) is 95.3 Å². The van der Waals surface area contributed by atoms with E-state index in [2.05, 4.69) is 4.72 Å². The molecule has 0 spiro atoms. The third-order valence-corrected chi connectivity index (χ3v) is 7.69. The van der Waals surface area contributed by atoms with Crippen molar-refractivity contribution in [3.8, 4) is 0 Å². The molecule has 0 amide bonds. The third kappa shape index (κ3) is 5.16. The Morgan fingerprint density at radius 2 is 1.06 bits per heavy atom. The average Bonchev–Trinajstić information content (AvgIpc) is 2.75. The molecule has 1 radical (unpaired) electrons. The molecule has 0 aliphatic rings. The van der Waals surface area contributed by atoms with Gasteiger partial charge >= 0.3 is 0 Å². The minimum atomic E-state index is -3.98. The van der Waals surface area contributed by atoms with Gasteiger partial charge in [0.15, 0.2) is 0 Å². The SMILES string of the molecule is Cc1c(C)c(C)c(S(=O)(=O)[N-][C@@H](c2ccccc2)[C@@H]([NH-])c2ccccc2)c(C)c1C.[Ir]. The number of rotatable bonds is 6. The smallest absolute Gasteiger partial charge is 0.102 e. The van der Waals surface area contributed by atoms with E-state index in [0.29, 0.717) is 5.56 Å². The Hall–Kier alpha value is -1.82. The van der Waals surface area contributed by atoms with Crippen LogP contribution in [-0.4, -0.2) is 8.42 Å². The minimum Gasteiger partial charge on any atom is -0.672 e. The molecule has 0 unspecified atom stereocenters. The molecule has 3 aromatic carbocycles. The molecule has 0 saturated carbocycles. The van der Waals surface area contributed by atoms with Crippen molar-refractivity contribution < 1.29 is 28.5 Å². The van der Waals surface area contributed by atoms with Crippen molar-refractivity contribution in [2.24, 2.45) is 0 Å². The molecule has 0 aromatic heterocycles. The molecule has 2 atom stereocenters. The van der Waals surface area contributed by atoms with Crippen molar-refractivity contribution in [2.45, 2.75) is 51.6 Å². The van der Waals surface area contributed by atoms with E-state index < -0.39 is 22.1 Å². The number of sulfonamides is 1. The summed E-state index contributed by atoms with van der Waals surface area (Å²) in [4.78, 5) is 0.268. The van der Waals surface area contributed by atoms with Crippen LogP contribution < -0.4 is 0 Å². The van der Waals surface area contributed by atoms with Crippen molar-refractivity contribution in [1.82, 2.24) is 0 Å². The van der Waals surface area contributed by atoms with Crippen LogP contribution in [0.5, 0.6) is 0 Å². The molecule has 0 saturated heterocycles. The molecule has 31 heavy (non-hydrogen) atoms. The number of hydrogen-bond acceptors (Lipinski definition) is 2. The van der Waals surface area contributed by atoms with E-state index in [1.165, 1.54) is 0 Å². The Morgan fingerprint density at radius 1 is 0.677 bits per heavy atom. The van der Waals surface area contributed by atoms with Crippen molar-refractivity contribution in [3.05, 3.63) is 110 Å². The van der Waals surface area contributed by atoms with E-state index in [-0.39, 0.29) is 25.0 Å². The molecule has 6 heteroatoms. The summed E-state index contributed by atoms with van der Waals surface area (Å²) < 4.78 is 31.5. The van der Waals surface area contributed by atoms with E-state index in [0.717, 1.165) is 33.4 Å². The van der Waals surface area contributed by atoms with Gasteiger partial charge in [-0.05, 0) is 62.4 Å². The van der Waals surface area contributed by atoms with Gasteiger partial charge in [-0.1, -0.05) is 71.8 Å². The summed E-state index contributed by atoms with van der Waals surface area (Å²) in [5.74, 6) is 0. The second kappa shape index (κ2) is 10.2. The van der Waals surface area contributed by atoms with Gasteiger partial charge in [0.05, 0.1) is 4.90 Å². The fourth-order valence-corrected chi connectivity index (χ4v) is 5.59. The molecule has 0 fully saturated rings. The third-order valence-electron chi connectivity index (χ3n) is 6.06. The topological polar surface area (TPSA) is 72.0 Å². The van der Waals surface area contributed by atoms with Crippen LogP contribution in [0.15, 0.2) is 65.6 Å². The zero-order valence-electron chi connectivity index (χ0n) is 18.4. The summed E-state index contributed by atoms with van der Waals surface area (Å²) in [6.07, 6.45) is 0. The van der Waals surface area contributed by atoms with Gasteiger partial charge in [-0.2, -0.15) is 0 Å². The van der Waals surface area contributed by atoms with Gasteiger partial charge in [0.25, 0.3) is 0 Å². The van der Waals surface area contributed by atoms with E-state index in [4.69, 9.17) is 5.73 Å². The van der Waals surface area contributed by atoms with E-state index in [1.54, 1.807) is 0 Å². The van der Waals surface area contributed by atoms with Gasteiger partial charge < -0.3 is 10.5 Å². The molecule has 0 aliphatic heterocycles. The maximum atomic E-state index is 13.6. The van der Waals surface area contributed by atoms with E-state index in [9.17, 15) is 8.42 Å². The largest absolute Gasteiger partial charge is 0.672 e. The van der Waals surface area contributed by atoms with Gasteiger partial charge in [-0.25, -0.2) is 8.42 Å². The summed E-state index contributed by atoms with van der Waals surface area (Å²) in [7, 11) is -3.98. The zero-order valence-corrected chi connectivity index (χ0v) is 21.6.